The molecule has 1 aromatic carbocycles. The summed E-state index contributed by atoms with van der Waals surface area (Å²) >= 11 is 0. The van der Waals surface area contributed by atoms with Gasteiger partial charge in [-0.25, -0.2) is 18.3 Å². The number of aromatic amines is 1. The summed E-state index contributed by atoms with van der Waals surface area (Å²) in [7, 11) is 0. The molecule has 94 valence electrons. The van der Waals surface area contributed by atoms with Crippen molar-refractivity contribution in [1.29, 1.82) is 0 Å². The smallest absolute Gasteiger partial charge is 0.231 e. The molecule has 2 rings (SSSR count). The molecule has 0 bridgehead atoms. The summed E-state index contributed by atoms with van der Waals surface area (Å²) in [5, 5.41) is 8.14. The first-order chi connectivity index (χ1) is 8.58. The third-order valence-corrected chi connectivity index (χ3v) is 2.14. The average Bonchev–Trinajstić information content (AvgIpc) is 2.83. The summed E-state index contributed by atoms with van der Waals surface area (Å²) in [5.41, 5.74) is -0.245. The first-order valence-electron chi connectivity index (χ1n) is 4.85. The van der Waals surface area contributed by atoms with E-state index in [1.807, 2.05) is 0 Å². The van der Waals surface area contributed by atoms with Crippen molar-refractivity contribution >= 4 is 11.9 Å². The van der Waals surface area contributed by atoms with E-state index in [9.17, 15) is 18.0 Å². The van der Waals surface area contributed by atoms with Crippen LogP contribution in [-0.2, 0) is 11.2 Å². The van der Waals surface area contributed by atoms with Gasteiger partial charge in [0.1, 0.15) is 6.33 Å². The number of nitrogens with one attached hydrogen (secondary N) is 2. The van der Waals surface area contributed by atoms with Crippen LogP contribution in [0.15, 0.2) is 18.5 Å². The van der Waals surface area contributed by atoms with Crippen molar-refractivity contribution in [3.05, 3.63) is 41.5 Å². The number of hydrogen-bond acceptors (Lipinski definition) is 3. The van der Waals surface area contributed by atoms with E-state index in [1.54, 1.807) is 0 Å². The lowest BCUT2D eigenvalue weighted by molar-refractivity contribution is -0.115. The lowest BCUT2D eigenvalue weighted by atomic mass is 10.1. The highest BCUT2D eigenvalue weighted by molar-refractivity contribution is 5.90. The van der Waals surface area contributed by atoms with Gasteiger partial charge in [-0.1, -0.05) is 6.07 Å². The Hall–Kier alpha value is -2.38. The summed E-state index contributed by atoms with van der Waals surface area (Å²) < 4.78 is 38.8. The Morgan fingerprint density at radius 3 is 2.72 bits per heavy atom. The quantitative estimate of drug-likeness (QED) is 0.815. The first-order valence-corrected chi connectivity index (χ1v) is 4.85. The van der Waals surface area contributed by atoms with Crippen LogP contribution in [0.5, 0.6) is 0 Å². The van der Waals surface area contributed by atoms with Crippen molar-refractivity contribution in [2.24, 2.45) is 0 Å². The van der Waals surface area contributed by atoms with Crippen LogP contribution >= 0.6 is 0 Å². The highest BCUT2D eigenvalue weighted by Gasteiger charge is 2.16. The van der Waals surface area contributed by atoms with Gasteiger partial charge < -0.3 is 0 Å². The van der Waals surface area contributed by atoms with Crippen LogP contribution in [0.3, 0.4) is 0 Å². The zero-order valence-electron chi connectivity index (χ0n) is 8.88. The van der Waals surface area contributed by atoms with Gasteiger partial charge in [-0.3, -0.25) is 10.1 Å². The molecule has 0 aliphatic heterocycles. The molecule has 0 spiro atoms. The van der Waals surface area contributed by atoms with Gasteiger partial charge in [-0.2, -0.15) is 10.1 Å². The Balaban J connectivity index is 2.10. The molecule has 0 radical (unpaired) electrons. The molecule has 0 atom stereocenters. The number of nitrogens with zero attached hydrogens (tertiary/aromatic N) is 2. The Morgan fingerprint density at radius 2 is 2.06 bits per heavy atom. The maximum absolute atomic E-state index is 13.3. The second kappa shape index (κ2) is 4.86. The van der Waals surface area contributed by atoms with Gasteiger partial charge in [0.05, 0.1) is 6.42 Å². The molecule has 0 aliphatic rings. The number of hydrogen-bond donors (Lipinski definition) is 2. The second-order valence-electron chi connectivity index (χ2n) is 3.39. The SMILES string of the molecule is O=C(Cc1ccc(F)c(F)c1F)Nc1ncn[nH]1. The van der Waals surface area contributed by atoms with E-state index in [0.29, 0.717) is 0 Å². The fourth-order valence-corrected chi connectivity index (χ4v) is 1.32. The van der Waals surface area contributed by atoms with Crippen molar-refractivity contribution in [3.63, 3.8) is 0 Å². The molecule has 1 aromatic heterocycles. The first kappa shape index (κ1) is 12.1. The van der Waals surface area contributed by atoms with Gasteiger partial charge in [0.15, 0.2) is 17.5 Å². The summed E-state index contributed by atoms with van der Waals surface area (Å²) in [6, 6.07) is 1.77. The van der Waals surface area contributed by atoms with Gasteiger partial charge >= 0.3 is 0 Å². The van der Waals surface area contributed by atoms with Crippen molar-refractivity contribution in [2.75, 3.05) is 5.32 Å². The molecule has 5 nitrogen and oxygen atoms in total. The fraction of sp³-hybridized carbons (Fsp3) is 0.100. The van der Waals surface area contributed by atoms with Crippen molar-refractivity contribution < 1.29 is 18.0 Å². The predicted octanol–water partition coefficient (Wildman–Crippen LogP) is 1.40. The molecule has 0 aliphatic carbocycles. The Morgan fingerprint density at radius 1 is 1.28 bits per heavy atom. The van der Waals surface area contributed by atoms with Crippen molar-refractivity contribution in [1.82, 2.24) is 15.2 Å². The van der Waals surface area contributed by atoms with E-state index in [1.165, 1.54) is 6.33 Å². The Kier molecular flexibility index (Phi) is 3.26. The molecular formula is C10H7F3N4O. The molecule has 1 heterocycles. The van der Waals surface area contributed by atoms with E-state index in [4.69, 9.17) is 0 Å². The van der Waals surface area contributed by atoms with Crippen LogP contribution in [0.1, 0.15) is 5.56 Å². The predicted molar refractivity (Wildman–Crippen MR) is 55.0 cm³/mol. The summed E-state index contributed by atoms with van der Waals surface area (Å²) in [5.74, 6) is -4.81. The number of H-pyrrole nitrogens is 1. The largest absolute Gasteiger partial charge is 0.295 e. The molecule has 0 saturated heterocycles. The molecular weight excluding hydrogens is 249 g/mol. The monoisotopic (exact) mass is 256 g/mol. The minimum atomic E-state index is -1.60. The number of halogens is 3. The summed E-state index contributed by atoms with van der Waals surface area (Å²) in [6.07, 6.45) is 0.734. The van der Waals surface area contributed by atoms with Crippen LogP contribution in [0.2, 0.25) is 0 Å². The maximum atomic E-state index is 13.3. The second-order valence-corrected chi connectivity index (χ2v) is 3.39. The number of rotatable bonds is 3. The molecule has 0 unspecified atom stereocenters. The van der Waals surface area contributed by atoms with E-state index in [0.717, 1.165) is 12.1 Å². The van der Waals surface area contributed by atoms with Crippen LogP contribution in [0.4, 0.5) is 19.1 Å². The minimum absolute atomic E-state index is 0.0861. The van der Waals surface area contributed by atoms with Crippen LogP contribution in [0, 0.1) is 17.5 Å². The van der Waals surface area contributed by atoms with E-state index < -0.39 is 29.8 Å². The van der Waals surface area contributed by atoms with Gasteiger partial charge in [0.25, 0.3) is 0 Å². The molecule has 2 N–H and O–H groups in total. The van der Waals surface area contributed by atoms with E-state index in [2.05, 4.69) is 20.5 Å². The maximum Gasteiger partial charge on any atom is 0.231 e. The third-order valence-electron chi connectivity index (χ3n) is 2.14. The van der Waals surface area contributed by atoms with Crippen LogP contribution in [-0.4, -0.2) is 21.1 Å². The van der Waals surface area contributed by atoms with E-state index in [-0.39, 0.29) is 11.5 Å². The highest BCUT2D eigenvalue weighted by Crippen LogP contribution is 2.15. The molecule has 0 fully saturated rings. The standard InChI is InChI=1S/C10H7F3N4O/c11-6-2-1-5(8(12)9(6)13)3-7(18)16-10-14-4-15-17-10/h1-2,4H,3H2,(H2,14,15,16,17,18). The van der Waals surface area contributed by atoms with Gasteiger partial charge in [-0.15, -0.1) is 0 Å². The number of aromatic nitrogens is 3. The molecule has 2 aromatic rings. The Bertz CT molecular complexity index is 571. The number of benzene rings is 1. The zero-order chi connectivity index (χ0) is 13.1. The molecule has 18 heavy (non-hydrogen) atoms. The van der Waals surface area contributed by atoms with Crippen molar-refractivity contribution in [2.45, 2.75) is 6.42 Å². The minimum Gasteiger partial charge on any atom is -0.295 e. The van der Waals surface area contributed by atoms with Gasteiger partial charge in [0.2, 0.25) is 11.9 Å². The highest BCUT2D eigenvalue weighted by atomic mass is 19.2. The topological polar surface area (TPSA) is 70.7 Å². The number of anilines is 1. The van der Waals surface area contributed by atoms with Gasteiger partial charge in [0, 0.05) is 5.56 Å². The molecule has 0 saturated carbocycles. The summed E-state index contributed by atoms with van der Waals surface area (Å²) in [4.78, 5) is 15.1. The lowest BCUT2D eigenvalue weighted by Crippen LogP contribution is -2.16. The normalized spacial score (nSPS) is 10.4. The fourth-order valence-electron chi connectivity index (χ4n) is 1.32. The summed E-state index contributed by atoms with van der Waals surface area (Å²) in [6.45, 7) is 0. The average molecular weight is 256 g/mol. The zero-order valence-corrected chi connectivity index (χ0v) is 8.88. The lowest BCUT2D eigenvalue weighted by Gasteiger charge is -2.04. The number of amides is 1. The van der Waals surface area contributed by atoms with Crippen molar-refractivity contribution in [3.8, 4) is 0 Å². The Labute approximate surface area is 99.0 Å². The molecule has 1 amide bonds. The number of carbonyl (C=O) groups excluding carboxylic acids is 1. The van der Waals surface area contributed by atoms with Crippen LogP contribution < -0.4 is 5.32 Å². The van der Waals surface area contributed by atoms with E-state index >= 15 is 0 Å². The third kappa shape index (κ3) is 2.47. The van der Waals surface area contributed by atoms with Gasteiger partial charge in [-0.05, 0) is 6.07 Å². The van der Waals surface area contributed by atoms with Crippen LogP contribution in [0.25, 0.3) is 0 Å². The molecule has 8 heteroatoms. The number of carbonyl (C=O) groups is 1.